The summed E-state index contributed by atoms with van der Waals surface area (Å²) in [5.41, 5.74) is 5.83. The SMILES string of the molecule is FC(F)(F)Oc1ccc(Cn2c[n+]3ccc4c5ccccc5[nH]c4c3c2-c2ccc(Cl)cc2)cc1.[Cl-]. The van der Waals surface area contributed by atoms with E-state index in [1.165, 1.54) is 12.1 Å². The van der Waals surface area contributed by atoms with Gasteiger partial charge in [0.05, 0.1) is 11.7 Å². The van der Waals surface area contributed by atoms with Crippen LogP contribution in [0, 0.1) is 0 Å². The molecule has 0 saturated carbocycles. The van der Waals surface area contributed by atoms with Gasteiger partial charge in [-0.05, 0) is 54.1 Å². The van der Waals surface area contributed by atoms with Gasteiger partial charge in [-0.25, -0.2) is 4.57 Å². The van der Waals surface area contributed by atoms with Crippen LogP contribution in [-0.2, 0) is 6.54 Å². The van der Waals surface area contributed by atoms with Crippen LogP contribution in [0.3, 0.4) is 0 Å². The van der Waals surface area contributed by atoms with E-state index >= 15 is 0 Å². The average molecular weight is 528 g/mol. The van der Waals surface area contributed by atoms with Crippen LogP contribution in [0.2, 0.25) is 5.02 Å². The normalized spacial score (nSPS) is 11.8. The van der Waals surface area contributed by atoms with Gasteiger partial charge in [0.2, 0.25) is 11.8 Å². The quantitative estimate of drug-likeness (QED) is 0.343. The minimum Gasteiger partial charge on any atom is -1.00 e. The molecule has 9 heteroatoms. The van der Waals surface area contributed by atoms with Crippen molar-refractivity contribution in [3.8, 4) is 17.0 Å². The molecule has 0 fully saturated rings. The zero-order valence-electron chi connectivity index (χ0n) is 18.6. The average Bonchev–Trinajstić information content (AvgIpc) is 3.38. The lowest BCUT2D eigenvalue weighted by atomic mass is 10.1. The number of ether oxygens (including phenoxy) is 1. The fourth-order valence-electron chi connectivity index (χ4n) is 4.59. The van der Waals surface area contributed by atoms with Crippen molar-refractivity contribution in [1.29, 1.82) is 0 Å². The van der Waals surface area contributed by atoms with Gasteiger partial charge in [0, 0.05) is 26.9 Å². The second kappa shape index (κ2) is 9.08. The van der Waals surface area contributed by atoms with E-state index in [-0.39, 0.29) is 18.2 Å². The highest BCUT2D eigenvalue weighted by Crippen LogP contribution is 2.33. The molecule has 0 bridgehead atoms. The van der Waals surface area contributed by atoms with Crippen molar-refractivity contribution in [2.75, 3.05) is 0 Å². The van der Waals surface area contributed by atoms with Crippen molar-refractivity contribution in [2.45, 2.75) is 12.9 Å². The van der Waals surface area contributed by atoms with E-state index in [1.807, 2.05) is 48.9 Å². The second-order valence-electron chi connectivity index (χ2n) is 8.32. The highest BCUT2D eigenvalue weighted by atomic mass is 35.5. The first kappa shape index (κ1) is 24.0. The number of nitrogens with zero attached hydrogens (tertiary/aromatic N) is 2. The molecule has 0 aliphatic heterocycles. The number of para-hydroxylation sites is 1. The van der Waals surface area contributed by atoms with Gasteiger partial charge >= 0.3 is 6.36 Å². The van der Waals surface area contributed by atoms with Crippen LogP contribution < -0.4 is 21.5 Å². The summed E-state index contributed by atoms with van der Waals surface area (Å²) in [5.74, 6) is -0.244. The fraction of sp³-hybridized carbons (Fsp3) is 0.0741. The first-order chi connectivity index (χ1) is 16.9. The summed E-state index contributed by atoms with van der Waals surface area (Å²) >= 11 is 6.16. The Morgan fingerprint density at radius 1 is 0.889 bits per heavy atom. The molecule has 1 N–H and O–H groups in total. The molecular formula is C27H18Cl2F3N3O. The molecule has 0 spiro atoms. The summed E-state index contributed by atoms with van der Waals surface area (Å²) in [5, 5.41) is 2.89. The van der Waals surface area contributed by atoms with E-state index in [4.69, 9.17) is 11.6 Å². The minimum absolute atomic E-state index is 0. The third-order valence-corrected chi connectivity index (χ3v) is 6.30. The molecule has 0 aliphatic carbocycles. The monoisotopic (exact) mass is 527 g/mol. The van der Waals surface area contributed by atoms with E-state index in [9.17, 15) is 13.2 Å². The topological polar surface area (TPSA) is 34.0 Å². The number of halogens is 5. The number of H-pyrrole nitrogens is 1. The maximum absolute atomic E-state index is 12.5. The molecule has 6 aromatic rings. The second-order valence-corrected chi connectivity index (χ2v) is 8.76. The first-order valence-corrected chi connectivity index (χ1v) is 11.3. The Balaban J connectivity index is 0.00000267. The number of rotatable bonds is 4. The predicted octanol–water partition coefficient (Wildman–Crippen LogP) is 4.13. The number of fused-ring (bicyclic) bond motifs is 5. The summed E-state index contributed by atoms with van der Waals surface area (Å²) in [7, 11) is 0. The van der Waals surface area contributed by atoms with Crippen LogP contribution in [0.25, 0.3) is 38.6 Å². The van der Waals surface area contributed by atoms with E-state index in [0.29, 0.717) is 11.6 Å². The summed E-state index contributed by atoms with van der Waals surface area (Å²) < 4.78 is 45.8. The molecule has 182 valence electrons. The molecule has 0 saturated heterocycles. The summed E-state index contributed by atoms with van der Waals surface area (Å²) in [6, 6.07) is 23.8. The fourth-order valence-corrected chi connectivity index (χ4v) is 4.71. The molecule has 3 aromatic carbocycles. The number of imidazole rings is 1. The molecule has 0 radical (unpaired) electrons. The Hall–Kier alpha value is -3.68. The van der Waals surface area contributed by atoms with Gasteiger partial charge in [-0.3, -0.25) is 0 Å². The maximum atomic E-state index is 12.5. The largest absolute Gasteiger partial charge is 1.00 e. The number of aromatic amines is 1. The number of hydrogen-bond acceptors (Lipinski definition) is 1. The molecule has 0 atom stereocenters. The highest BCUT2D eigenvalue weighted by molar-refractivity contribution is 6.30. The lowest BCUT2D eigenvalue weighted by molar-refractivity contribution is -0.511. The van der Waals surface area contributed by atoms with Crippen molar-refractivity contribution in [2.24, 2.45) is 0 Å². The van der Waals surface area contributed by atoms with Gasteiger partial charge in [-0.1, -0.05) is 41.9 Å². The zero-order chi connectivity index (χ0) is 24.2. The molecule has 6 rings (SSSR count). The Bertz CT molecular complexity index is 1690. The van der Waals surface area contributed by atoms with Crippen LogP contribution in [0.15, 0.2) is 91.4 Å². The van der Waals surface area contributed by atoms with Crippen molar-refractivity contribution in [3.05, 3.63) is 102 Å². The van der Waals surface area contributed by atoms with Crippen LogP contribution in [0.1, 0.15) is 5.56 Å². The lowest BCUT2D eigenvalue weighted by Crippen LogP contribution is -3.00. The molecule has 0 amide bonds. The van der Waals surface area contributed by atoms with Crippen LogP contribution in [0.4, 0.5) is 13.2 Å². The van der Waals surface area contributed by atoms with Crippen LogP contribution in [-0.4, -0.2) is 15.9 Å². The minimum atomic E-state index is -4.72. The highest BCUT2D eigenvalue weighted by Gasteiger charge is 2.31. The van der Waals surface area contributed by atoms with Gasteiger partial charge in [0.1, 0.15) is 12.3 Å². The Morgan fingerprint density at radius 2 is 1.61 bits per heavy atom. The Labute approximate surface area is 214 Å². The molecule has 0 aliphatic rings. The summed E-state index contributed by atoms with van der Waals surface area (Å²) in [4.78, 5) is 3.57. The van der Waals surface area contributed by atoms with E-state index in [1.54, 1.807) is 12.1 Å². The predicted molar refractivity (Wildman–Crippen MR) is 130 cm³/mol. The summed E-state index contributed by atoms with van der Waals surface area (Å²) in [6.45, 7) is 0.452. The third kappa shape index (κ3) is 4.36. The van der Waals surface area contributed by atoms with Gasteiger partial charge < -0.3 is 22.1 Å². The van der Waals surface area contributed by atoms with Gasteiger partial charge in [0.15, 0.2) is 5.69 Å². The molecule has 36 heavy (non-hydrogen) atoms. The van der Waals surface area contributed by atoms with Crippen molar-refractivity contribution < 1.29 is 34.7 Å². The number of pyridine rings is 1. The van der Waals surface area contributed by atoms with Gasteiger partial charge in [-0.2, -0.15) is 4.40 Å². The van der Waals surface area contributed by atoms with Gasteiger partial charge in [-0.15, -0.1) is 13.2 Å². The van der Waals surface area contributed by atoms with Crippen LogP contribution >= 0.6 is 11.6 Å². The smallest absolute Gasteiger partial charge is 0.573 e. The molecule has 3 heterocycles. The van der Waals surface area contributed by atoms with Crippen LogP contribution in [0.5, 0.6) is 5.75 Å². The standard InChI is InChI=1S/C27H18ClF3N3O.ClH/c28-19-9-7-18(8-10-19)25-26-24-22(21-3-1-2-4-23(21)32-24)13-14-33(26)16-34(25)15-17-5-11-20(12-6-17)35-27(29,30)31;/h1-14,16,32H,15H2;1H/q+1;/p-1. The molecule has 0 unspecified atom stereocenters. The number of hydrogen-bond donors (Lipinski definition) is 1. The summed E-state index contributed by atoms with van der Waals surface area (Å²) in [6.07, 6.45) is -0.707. The van der Waals surface area contributed by atoms with Gasteiger partial charge in [0.25, 0.3) is 0 Å². The van der Waals surface area contributed by atoms with E-state index < -0.39 is 6.36 Å². The lowest BCUT2D eigenvalue weighted by Gasteiger charge is -2.09. The number of nitrogens with one attached hydrogen (secondary N) is 1. The number of benzene rings is 3. The molecule has 3 aromatic heterocycles. The zero-order valence-corrected chi connectivity index (χ0v) is 20.1. The molecule has 4 nitrogen and oxygen atoms in total. The number of aromatic nitrogens is 3. The van der Waals surface area contributed by atoms with Crippen molar-refractivity contribution in [1.82, 2.24) is 9.55 Å². The third-order valence-electron chi connectivity index (χ3n) is 6.05. The van der Waals surface area contributed by atoms with Crippen molar-refractivity contribution in [3.63, 3.8) is 0 Å². The molecular weight excluding hydrogens is 510 g/mol. The van der Waals surface area contributed by atoms with E-state index in [0.717, 1.165) is 44.1 Å². The van der Waals surface area contributed by atoms with E-state index in [2.05, 4.69) is 36.9 Å². The Morgan fingerprint density at radius 3 is 2.33 bits per heavy atom. The number of alkyl halides is 3. The maximum Gasteiger partial charge on any atom is 0.573 e. The van der Waals surface area contributed by atoms with Crippen molar-refractivity contribution >= 4 is 38.9 Å². The Kier molecular flexibility index (Phi) is 6.06. The first-order valence-electron chi connectivity index (χ1n) is 10.9.